The molecule has 31 heavy (non-hydrogen) atoms. The molecule has 0 bridgehead atoms. The molecule has 0 radical (unpaired) electrons. The first kappa shape index (κ1) is 27.9. The predicted molar refractivity (Wildman–Crippen MR) is 136 cm³/mol. The molecule has 0 amide bonds. The molecule has 0 atom stereocenters. The summed E-state index contributed by atoms with van der Waals surface area (Å²) in [6, 6.07) is 6.08. The predicted octanol–water partition coefficient (Wildman–Crippen LogP) is 2.41. The van der Waals surface area contributed by atoms with Gasteiger partial charge in [-0.3, -0.25) is 4.99 Å². The Morgan fingerprint density at radius 3 is 2.65 bits per heavy atom. The maximum Gasteiger partial charge on any atom is 0.213 e. The van der Waals surface area contributed by atoms with E-state index in [1.54, 1.807) is 14.2 Å². The lowest BCUT2D eigenvalue weighted by Gasteiger charge is -2.25. The largest absolute Gasteiger partial charge is 0.493 e. The minimum absolute atomic E-state index is 0. The standard InChI is InChI=1S/C21H36N4O4S.HI/c1-17-8-9-19(20(14-17)29-12-5-11-28-3)16-24-21(22-2)23-10-13-30(26,27)25-15-18-6-4-7-18;/h8-9,14,18,25H,4-7,10-13,15-16H2,1-3H3,(H2,22,23,24);1H. The van der Waals surface area contributed by atoms with Gasteiger partial charge in [-0.1, -0.05) is 18.6 Å². The summed E-state index contributed by atoms with van der Waals surface area (Å²) in [6.07, 6.45) is 4.27. The molecule has 8 nitrogen and oxygen atoms in total. The smallest absolute Gasteiger partial charge is 0.213 e. The molecule has 1 saturated carbocycles. The van der Waals surface area contributed by atoms with Gasteiger partial charge in [-0.15, -0.1) is 24.0 Å². The summed E-state index contributed by atoms with van der Waals surface area (Å²) in [5.41, 5.74) is 2.14. The lowest BCUT2D eigenvalue weighted by Crippen LogP contribution is -2.41. The summed E-state index contributed by atoms with van der Waals surface area (Å²) in [7, 11) is 0.0636. The van der Waals surface area contributed by atoms with Crippen molar-refractivity contribution in [1.29, 1.82) is 0 Å². The van der Waals surface area contributed by atoms with Crippen LogP contribution in [0, 0.1) is 12.8 Å². The number of guanidine groups is 1. The molecular weight excluding hydrogens is 531 g/mol. The van der Waals surface area contributed by atoms with E-state index in [0.29, 0.717) is 38.2 Å². The van der Waals surface area contributed by atoms with Crippen molar-refractivity contribution in [3.63, 3.8) is 0 Å². The number of sulfonamides is 1. The van der Waals surface area contributed by atoms with Crippen LogP contribution >= 0.6 is 24.0 Å². The molecule has 0 unspecified atom stereocenters. The van der Waals surface area contributed by atoms with E-state index < -0.39 is 10.0 Å². The van der Waals surface area contributed by atoms with E-state index in [1.165, 1.54) is 6.42 Å². The van der Waals surface area contributed by atoms with Crippen LogP contribution in [0.4, 0.5) is 0 Å². The molecule has 0 spiro atoms. The molecule has 0 aliphatic heterocycles. The minimum Gasteiger partial charge on any atom is -0.493 e. The van der Waals surface area contributed by atoms with Crippen LogP contribution in [0.15, 0.2) is 23.2 Å². The van der Waals surface area contributed by atoms with Crippen molar-refractivity contribution in [3.05, 3.63) is 29.3 Å². The molecule has 10 heteroatoms. The first-order valence-electron chi connectivity index (χ1n) is 10.6. The first-order valence-corrected chi connectivity index (χ1v) is 12.2. The fourth-order valence-corrected chi connectivity index (χ4v) is 4.05. The Kier molecular flexibility index (Phi) is 13.4. The zero-order chi connectivity index (χ0) is 21.8. The molecule has 2 rings (SSSR count). The van der Waals surface area contributed by atoms with Crippen LogP contribution in [0.1, 0.15) is 36.8 Å². The lowest BCUT2D eigenvalue weighted by atomic mass is 9.86. The summed E-state index contributed by atoms with van der Waals surface area (Å²) in [6.45, 7) is 4.63. The number of nitrogens with one attached hydrogen (secondary N) is 3. The number of ether oxygens (including phenoxy) is 2. The Bertz CT molecular complexity index is 786. The number of aliphatic imine (C=N–C) groups is 1. The number of aryl methyl sites for hydroxylation is 1. The van der Waals surface area contributed by atoms with Crippen LogP contribution in [0.5, 0.6) is 5.75 Å². The quantitative estimate of drug-likeness (QED) is 0.146. The monoisotopic (exact) mass is 568 g/mol. The van der Waals surface area contributed by atoms with Crippen LogP contribution in [-0.4, -0.2) is 60.6 Å². The van der Waals surface area contributed by atoms with Gasteiger partial charge in [0.25, 0.3) is 0 Å². The highest BCUT2D eigenvalue weighted by molar-refractivity contribution is 14.0. The number of rotatable bonds is 13. The Morgan fingerprint density at radius 1 is 1.23 bits per heavy atom. The van der Waals surface area contributed by atoms with Crippen LogP contribution < -0.4 is 20.1 Å². The Balaban J connectivity index is 0.00000480. The SMILES string of the molecule is CN=C(NCCS(=O)(=O)NCC1CCC1)NCc1ccc(C)cc1OCCCOC.I. The third-order valence-electron chi connectivity index (χ3n) is 5.12. The molecule has 178 valence electrons. The van der Waals surface area contributed by atoms with Crippen molar-refractivity contribution < 1.29 is 17.9 Å². The highest BCUT2D eigenvalue weighted by Gasteiger charge is 2.20. The summed E-state index contributed by atoms with van der Waals surface area (Å²) in [5.74, 6) is 1.90. The van der Waals surface area contributed by atoms with Gasteiger partial charge >= 0.3 is 0 Å². The average Bonchev–Trinajstić information content (AvgIpc) is 2.67. The summed E-state index contributed by atoms with van der Waals surface area (Å²) < 4.78 is 37.9. The van der Waals surface area contributed by atoms with Crippen molar-refractivity contribution in [2.75, 3.05) is 46.2 Å². The third kappa shape index (κ3) is 10.8. The van der Waals surface area contributed by atoms with Crippen LogP contribution in [0.2, 0.25) is 0 Å². The van der Waals surface area contributed by atoms with Gasteiger partial charge in [0.1, 0.15) is 5.75 Å². The average molecular weight is 569 g/mol. The topological polar surface area (TPSA) is 101 Å². The van der Waals surface area contributed by atoms with Gasteiger partial charge < -0.3 is 20.1 Å². The van der Waals surface area contributed by atoms with E-state index in [0.717, 1.165) is 36.1 Å². The second-order valence-electron chi connectivity index (χ2n) is 7.62. The number of halogens is 1. The molecule has 0 heterocycles. The zero-order valence-electron chi connectivity index (χ0n) is 18.8. The van der Waals surface area contributed by atoms with Crippen molar-refractivity contribution in [3.8, 4) is 5.75 Å². The summed E-state index contributed by atoms with van der Waals surface area (Å²) in [5, 5.41) is 6.29. The minimum atomic E-state index is -3.28. The van der Waals surface area contributed by atoms with E-state index in [4.69, 9.17) is 9.47 Å². The Morgan fingerprint density at radius 2 is 2.00 bits per heavy atom. The van der Waals surface area contributed by atoms with E-state index >= 15 is 0 Å². The number of methoxy groups -OCH3 is 1. The molecule has 0 aromatic heterocycles. The highest BCUT2D eigenvalue weighted by Crippen LogP contribution is 2.25. The number of nitrogens with zero attached hydrogens (tertiary/aromatic N) is 1. The maximum atomic E-state index is 12.1. The van der Waals surface area contributed by atoms with Crippen molar-refractivity contribution >= 4 is 40.0 Å². The fourth-order valence-electron chi connectivity index (χ4n) is 3.04. The van der Waals surface area contributed by atoms with E-state index in [-0.39, 0.29) is 36.3 Å². The Labute approximate surface area is 204 Å². The number of hydrogen-bond donors (Lipinski definition) is 3. The summed E-state index contributed by atoms with van der Waals surface area (Å²) in [4.78, 5) is 4.17. The molecule has 1 aliphatic carbocycles. The number of hydrogen-bond acceptors (Lipinski definition) is 5. The molecular formula is C21H37IN4O4S. The van der Waals surface area contributed by atoms with Crippen LogP contribution in [0.3, 0.4) is 0 Å². The molecule has 0 saturated heterocycles. The van der Waals surface area contributed by atoms with E-state index in [9.17, 15) is 8.42 Å². The van der Waals surface area contributed by atoms with E-state index in [2.05, 4.69) is 20.3 Å². The van der Waals surface area contributed by atoms with Crippen LogP contribution in [-0.2, 0) is 21.3 Å². The van der Waals surface area contributed by atoms with Crippen molar-refractivity contribution in [1.82, 2.24) is 15.4 Å². The molecule has 1 aromatic carbocycles. The highest BCUT2D eigenvalue weighted by atomic mass is 127. The number of benzene rings is 1. The lowest BCUT2D eigenvalue weighted by molar-refractivity contribution is 0.171. The normalized spacial score (nSPS) is 14.5. The van der Waals surface area contributed by atoms with Gasteiger partial charge in [-0.05, 0) is 37.3 Å². The second kappa shape index (κ2) is 14.9. The maximum absolute atomic E-state index is 12.1. The van der Waals surface area contributed by atoms with Gasteiger partial charge in [0.05, 0.1) is 12.4 Å². The summed E-state index contributed by atoms with van der Waals surface area (Å²) >= 11 is 0. The second-order valence-corrected chi connectivity index (χ2v) is 9.55. The molecule has 1 fully saturated rings. The third-order valence-corrected chi connectivity index (χ3v) is 6.47. The zero-order valence-corrected chi connectivity index (χ0v) is 21.9. The van der Waals surface area contributed by atoms with Crippen molar-refractivity contribution in [2.24, 2.45) is 10.9 Å². The van der Waals surface area contributed by atoms with Gasteiger partial charge in [-0.2, -0.15) is 0 Å². The van der Waals surface area contributed by atoms with E-state index in [1.807, 2.05) is 25.1 Å². The Hall–Kier alpha value is -1.11. The first-order chi connectivity index (χ1) is 14.4. The fraction of sp³-hybridized carbons (Fsp3) is 0.667. The van der Waals surface area contributed by atoms with Crippen molar-refractivity contribution in [2.45, 2.75) is 39.2 Å². The van der Waals surface area contributed by atoms with Gasteiger partial charge in [0.15, 0.2) is 5.96 Å². The van der Waals surface area contributed by atoms with Crippen LogP contribution in [0.25, 0.3) is 0 Å². The molecule has 1 aliphatic rings. The molecule has 1 aromatic rings. The van der Waals surface area contributed by atoms with Gasteiger partial charge in [0.2, 0.25) is 10.0 Å². The van der Waals surface area contributed by atoms with Gasteiger partial charge in [-0.25, -0.2) is 13.1 Å². The van der Waals surface area contributed by atoms with Gasteiger partial charge in [0, 0.05) is 52.4 Å². The molecule has 3 N–H and O–H groups in total.